The monoisotopic (exact) mass is 297 g/mol. The van der Waals surface area contributed by atoms with E-state index < -0.39 is 0 Å². The van der Waals surface area contributed by atoms with Crippen molar-refractivity contribution in [3.05, 3.63) is 60.2 Å². The molecule has 114 valence electrons. The topological polar surface area (TPSA) is 75.4 Å². The van der Waals surface area contributed by atoms with E-state index in [9.17, 15) is 9.59 Å². The van der Waals surface area contributed by atoms with E-state index in [1.165, 1.54) is 4.90 Å². The van der Waals surface area contributed by atoms with E-state index in [2.05, 4.69) is 5.32 Å². The summed E-state index contributed by atoms with van der Waals surface area (Å²) in [6, 6.07) is 16.5. The van der Waals surface area contributed by atoms with Crippen molar-refractivity contribution in [3.63, 3.8) is 0 Å². The molecule has 5 nitrogen and oxygen atoms in total. The first kappa shape index (κ1) is 15.7. The number of benzene rings is 2. The van der Waals surface area contributed by atoms with Crippen molar-refractivity contribution in [1.82, 2.24) is 0 Å². The molecule has 0 spiro atoms. The van der Waals surface area contributed by atoms with Crippen LogP contribution >= 0.6 is 0 Å². The van der Waals surface area contributed by atoms with Crippen molar-refractivity contribution in [3.8, 4) is 0 Å². The Hall–Kier alpha value is -2.66. The summed E-state index contributed by atoms with van der Waals surface area (Å²) in [7, 11) is 0. The Balaban J connectivity index is 2.12. The van der Waals surface area contributed by atoms with Crippen LogP contribution in [-0.4, -0.2) is 24.9 Å². The number of carbonyl (C=O) groups excluding carboxylic acids is 2. The lowest BCUT2D eigenvalue weighted by Crippen LogP contribution is -2.41. The Morgan fingerprint density at radius 3 is 2.32 bits per heavy atom. The Kier molecular flexibility index (Phi) is 5.27. The van der Waals surface area contributed by atoms with Crippen LogP contribution in [0, 0.1) is 6.92 Å². The van der Waals surface area contributed by atoms with Crippen LogP contribution in [0.3, 0.4) is 0 Å². The summed E-state index contributed by atoms with van der Waals surface area (Å²) < 4.78 is 0. The summed E-state index contributed by atoms with van der Waals surface area (Å²) in [5.41, 5.74) is 7.79. The predicted molar refractivity (Wildman–Crippen MR) is 87.7 cm³/mol. The second-order valence-electron chi connectivity index (χ2n) is 4.88. The number of aryl methyl sites for hydroxylation is 1. The van der Waals surface area contributed by atoms with Gasteiger partial charge in [-0.15, -0.1) is 0 Å². The maximum absolute atomic E-state index is 12.2. The molecule has 5 heteroatoms. The fraction of sp³-hybridized carbons (Fsp3) is 0.176. The molecule has 0 atom stereocenters. The standard InChI is InChI=1S/C17H19N3O2/c1-13-7-5-6-10-15(13)19-16(21)12-20(17(22)11-18)14-8-3-2-4-9-14/h2-10H,11-12,18H2,1H3,(H,19,21). The molecule has 3 N–H and O–H groups in total. The van der Waals surface area contributed by atoms with Gasteiger partial charge in [0.2, 0.25) is 11.8 Å². The summed E-state index contributed by atoms with van der Waals surface area (Å²) in [5.74, 6) is -0.564. The van der Waals surface area contributed by atoms with E-state index in [1.807, 2.05) is 49.4 Å². The van der Waals surface area contributed by atoms with Gasteiger partial charge in [-0.25, -0.2) is 0 Å². The normalized spacial score (nSPS) is 10.1. The number of nitrogens with one attached hydrogen (secondary N) is 1. The highest BCUT2D eigenvalue weighted by Crippen LogP contribution is 2.15. The van der Waals surface area contributed by atoms with Gasteiger partial charge in [-0.2, -0.15) is 0 Å². The average molecular weight is 297 g/mol. The molecule has 0 aliphatic rings. The summed E-state index contributed by atoms with van der Waals surface area (Å²) in [5, 5.41) is 2.82. The molecule has 0 unspecified atom stereocenters. The molecule has 0 fully saturated rings. The van der Waals surface area contributed by atoms with Crippen molar-refractivity contribution in [2.75, 3.05) is 23.3 Å². The quantitative estimate of drug-likeness (QED) is 0.885. The number of para-hydroxylation sites is 2. The van der Waals surface area contributed by atoms with Crippen LogP contribution in [0.4, 0.5) is 11.4 Å². The van der Waals surface area contributed by atoms with Gasteiger partial charge in [-0.05, 0) is 30.7 Å². The summed E-state index contributed by atoms with van der Waals surface area (Å²) in [6.07, 6.45) is 0. The smallest absolute Gasteiger partial charge is 0.244 e. The zero-order valence-electron chi connectivity index (χ0n) is 12.5. The minimum atomic E-state index is -0.300. The molecule has 0 radical (unpaired) electrons. The molecule has 22 heavy (non-hydrogen) atoms. The summed E-state index contributed by atoms with van der Waals surface area (Å²) in [4.78, 5) is 25.6. The summed E-state index contributed by atoms with van der Waals surface area (Å²) in [6.45, 7) is 1.69. The predicted octanol–water partition coefficient (Wildman–Crippen LogP) is 1.93. The first-order valence-corrected chi connectivity index (χ1v) is 7.03. The van der Waals surface area contributed by atoms with Gasteiger partial charge < -0.3 is 16.0 Å². The van der Waals surface area contributed by atoms with Gasteiger partial charge in [0.25, 0.3) is 0 Å². The highest BCUT2D eigenvalue weighted by Gasteiger charge is 2.18. The number of anilines is 2. The lowest BCUT2D eigenvalue weighted by atomic mass is 10.2. The van der Waals surface area contributed by atoms with Crippen molar-refractivity contribution in [2.45, 2.75) is 6.92 Å². The van der Waals surface area contributed by atoms with E-state index in [4.69, 9.17) is 5.73 Å². The van der Waals surface area contributed by atoms with Gasteiger partial charge >= 0.3 is 0 Å². The number of carbonyl (C=O) groups is 2. The van der Waals surface area contributed by atoms with Gasteiger partial charge in [0.15, 0.2) is 0 Å². The maximum Gasteiger partial charge on any atom is 0.244 e. The average Bonchev–Trinajstić information content (AvgIpc) is 2.55. The van der Waals surface area contributed by atoms with Gasteiger partial charge in [-0.3, -0.25) is 9.59 Å². The molecule has 2 amide bonds. The molecule has 0 aromatic heterocycles. The van der Waals surface area contributed by atoms with Crippen LogP contribution in [0.1, 0.15) is 5.56 Å². The number of nitrogens with two attached hydrogens (primary N) is 1. The van der Waals surface area contributed by atoms with Gasteiger partial charge in [0, 0.05) is 11.4 Å². The third-order valence-corrected chi connectivity index (χ3v) is 3.26. The molecule has 0 saturated heterocycles. The fourth-order valence-electron chi connectivity index (χ4n) is 2.09. The lowest BCUT2D eigenvalue weighted by Gasteiger charge is -2.22. The summed E-state index contributed by atoms with van der Waals surface area (Å²) >= 11 is 0. The van der Waals surface area contributed by atoms with Crippen molar-refractivity contribution < 1.29 is 9.59 Å². The molecule has 0 heterocycles. The second-order valence-corrected chi connectivity index (χ2v) is 4.88. The molecular formula is C17H19N3O2. The molecule has 0 bridgehead atoms. The van der Waals surface area contributed by atoms with Crippen LogP contribution < -0.4 is 16.0 Å². The van der Waals surface area contributed by atoms with E-state index in [0.717, 1.165) is 11.3 Å². The van der Waals surface area contributed by atoms with Gasteiger partial charge in [0.1, 0.15) is 6.54 Å². The van der Waals surface area contributed by atoms with Crippen molar-refractivity contribution >= 4 is 23.2 Å². The second kappa shape index (κ2) is 7.38. The third-order valence-electron chi connectivity index (χ3n) is 3.26. The number of nitrogens with zero attached hydrogens (tertiary/aromatic N) is 1. The van der Waals surface area contributed by atoms with Crippen LogP contribution in [0.5, 0.6) is 0 Å². The highest BCUT2D eigenvalue weighted by molar-refractivity contribution is 6.03. The fourth-order valence-corrected chi connectivity index (χ4v) is 2.09. The minimum Gasteiger partial charge on any atom is -0.324 e. The van der Waals surface area contributed by atoms with Crippen LogP contribution in [0.25, 0.3) is 0 Å². The molecule has 2 aromatic rings. The Labute approximate surface area is 129 Å². The van der Waals surface area contributed by atoms with Crippen LogP contribution in [-0.2, 0) is 9.59 Å². The van der Waals surface area contributed by atoms with E-state index in [0.29, 0.717) is 5.69 Å². The molecule has 0 aliphatic carbocycles. The zero-order valence-corrected chi connectivity index (χ0v) is 12.5. The lowest BCUT2D eigenvalue weighted by molar-refractivity contribution is -0.120. The first-order chi connectivity index (χ1) is 10.6. The molecule has 2 rings (SSSR count). The van der Waals surface area contributed by atoms with E-state index >= 15 is 0 Å². The Morgan fingerprint density at radius 2 is 1.68 bits per heavy atom. The van der Waals surface area contributed by atoms with Crippen molar-refractivity contribution in [2.24, 2.45) is 5.73 Å². The van der Waals surface area contributed by atoms with Crippen LogP contribution in [0.2, 0.25) is 0 Å². The van der Waals surface area contributed by atoms with Gasteiger partial charge in [0.05, 0.1) is 6.54 Å². The SMILES string of the molecule is Cc1ccccc1NC(=O)CN(C(=O)CN)c1ccccc1. The van der Waals surface area contributed by atoms with Crippen LogP contribution in [0.15, 0.2) is 54.6 Å². The van der Waals surface area contributed by atoms with E-state index in [-0.39, 0.29) is 24.9 Å². The Morgan fingerprint density at radius 1 is 1.05 bits per heavy atom. The highest BCUT2D eigenvalue weighted by atomic mass is 16.2. The largest absolute Gasteiger partial charge is 0.324 e. The number of rotatable bonds is 5. The Bertz CT molecular complexity index is 656. The molecule has 0 aliphatic heterocycles. The third kappa shape index (κ3) is 3.93. The number of hydrogen-bond acceptors (Lipinski definition) is 3. The molecule has 2 aromatic carbocycles. The van der Waals surface area contributed by atoms with Gasteiger partial charge in [-0.1, -0.05) is 36.4 Å². The zero-order chi connectivity index (χ0) is 15.9. The molecular weight excluding hydrogens is 278 g/mol. The number of hydrogen-bond donors (Lipinski definition) is 2. The van der Waals surface area contributed by atoms with Crippen molar-refractivity contribution in [1.29, 1.82) is 0 Å². The minimum absolute atomic E-state index is 0.0750. The first-order valence-electron chi connectivity index (χ1n) is 7.03. The number of amides is 2. The maximum atomic E-state index is 12.2. The van der Waals surface area contributed by atoms with E-state index in [1.54, 1.807) is 12.1 Å². The molecule has 0 saturated carbocycles.